The zero-order valence-electron chi connectivity index (χ0n) is 20.7. The first-order valence-corrected chi connectivity index (χ1v) is 12.4. The molecular weight excluding hydrogens is 396 g/mol. The average molecular weight is 431 g/mol. The van der Waals surface area contributed by atoms with Crippen LogP contribution in [0.1, 0.15) is 58.7 Å². The molecule has 1 aliphatic rings. The van der Waals surface area contributed by atoms with Crippen LogP contribution < -0.4 is 0 Å². The van der Waals surface area contributed by atoms with E-state index in [2.05, 4.69) is 101 Å². The van der Waals surface area contributed by atoms with Gasteiger partial charge in [-0.05, 0) is 114 Å². The van der Waals surface area contributed by atoms with Crippen LogP contribution in [0.15, 0.2) is 66.7 Å². The van der Waals surface area contributed by atoms with Gasteiger partial charge in [0.25, 0.3) is 0 Å². The Kier molecular flexibility index (Phi) is 5.71. The van der Waals surface area contributed by atoms with E-state index in [-0.39, 0.29) is 0 Å². The Morgan fingerprint density at radius 2 is 1.24 bits per heavy atom. The number of fused-ring (bicyclic) bond motifs is 3. The van der Waals surface area contributed by atoms with E-state index in [4.69, 9.17) is 0 Å². The lowest BCUT2D eigenvalue weighted by Crippen LogP contribution is -2.00. The minimum Gasteiger partial charge on any atom is -0.0654 e. The predicted molar refractivity (Wildman–Crippen MR) is 143 cm³/mol. The summed E-state index contributed by atoms with van der Waals surface area (Å²) in [7, 11) is 0. The molecule has 0 nitrogen and oxygen atoms in total. The summed E-state index contributed by atoms with van der Waals surface area (Å²) in [5.74, 6) is 0. The lowest BCUT2D eigenvalue weighted by atomic mass is 9.86. The molecule has 0 saturated carbocycles. The van der Waals surface area contributed by atoms with Crippen LogP contribution in [0.2, 0.25) is 0 Å². The highest BCUT2D eigenvalue weighted by atomic mass is 14.3. The standard InChI is InChI=1S/C33H34/c1-6-7-8-28-32-20-27-19-29(25-13-9-21(2)10-14-25)23(4)17-30(27)31(32)18-24(5)33(28)26-15-11-22(3)12-16-26/h9-19H,6-8,20H2,1-5H3. The summed E-state index contributed by atoms with van der Waals surface area (Å²) in [6.07, 6.45) is 4.65. The monoisotopic (exact) mass is 430 g/mol. The maximum Gasteiger partial charge on any atom is -0.00103 e. The first kappa shape index (κ1) is 21.7. The van der Waals surface area contributed by atoms with Crippen molar-refractivity contribution in [1.82, 2.24) is 0 Å². The van der Waals surface area contributed by atoms with Crippen LogP contribution in [0, 0.1) is 27.7 Å². The minimum atomic E-state index is 1.04. The normalized spacial score (nSPS) is 12.0. The van der Waals surface area contributed by atoms with Crippen molar-refractivity contribution in [2.75, 3.05) is 0 Å². The Balaban J connectivity index is 1.66. The molecule has 4 aromatic rings. The molecule has 0 heteroatoms. The fourth-order valence-electron chi connectivity index (χ4n) is 5.51. The molecule has 0 aliphatic heterocycles. The van der Waals surface area contributed by atoms with Gasteiger partial charge in [-0.15, -0.1) is 0 Å². The molecule has 4 aromatic carbocycles. The summed E-state index contributed by atoms with van der Waals surface area (Å²) >= 11 is 0. The largest absolute Gasteiger partial charge is 0.0654 e. The SMILES string of the molecule is CCCCc1c2c(cc(C)c1-c1ccc(C)cc1)-c1cc(C)c(-c3ccc(C)cc3)cc1C2. The summed E-state index contributed by atoms with van der Waals surface area (Å²) < 4.78 is 0. The smallest absolute Gasteiger partial charge is 0.00103 e. The zero-order chi connectivity index (χ0) is 23.1. The van der Waals surface area contributed by atoms with Crippen molar-refractivity contribution in [2.24, 2.45) is 0 Å². The lowest BCUT2D eigenvalue weighted by molar-refractivity contribution is 0.790. The summed E-state index contributed by atoms with van der Waals surface area (Å²) in [6.45, 7) is 11.2. The molecule has 0 aromatic heterocycles. The molecule has 0 unspecified atom stereocenters. The van der Waals surface area contributed by atoms with Gasteiger partial charge in [0, 0.05) is 0 Å². The quantitative estimate of drug-likeness (QED) is 0.261. The second kappa shape index (κ2) is 8.67. The molecule has 0 spiro atoms. The predicted octanol–water partition coefficient (Wildman–Crippen LogP) is 9.17. The molecule has 0 radical (unpaired) electrons. The molecular formula is C33H34. The fourth-order valence-corrected chi connectivity index (χ4v) is 5.51. The zero-order valence-corrected chi connectivity index (χ0v) is 20.7. The molecule has 0 fully saturated rings. The molecule has 0 saturated heterocycles. The van der Waals surface area contributed by atoms with Crippen LogP contribution >= 0.6 is 0 Å². The Morgan fingerprint density at radius 3 is 1.88 bits per heavy atom. The van der Waals surface area contributed by atoms with Crippen molar-refractivity contribution in [3.05, 3.63) is 106 Å². The van der Waals surface area contributed by atoms with E-state index >= 15 is 0 Å². The van der Waals surface area contributed by atoms with Gasteiger partial charge in [-0.1, -0.05) is 85.1 Å². The number of hydrogen-bond donors (Lipinski definition) is 0. The second-order valence-electron chi connectivity index (χ2n) is 9.91. The number of hydrogen-bond acceptors (Lipinski definition) is 0. The lowest BCUT2D eigenvalue weighted by Gasteiger charge is -2.19. The number of aryl methyl sites for hydroxylation is 4. The van der Waals surface area contributed by atoms with Crippen molar-refractivity contribution in [2.45, 2.75) is 60.3 Å². The van der Waals surface area contributed by atoms with Gasteiger partial charge in [-0.3, -0.25) is 0 Å². The van der Waals surface area contributed by atoms with Crippen molar-refractivity contribution in [1.29, 1.82) is 0 Å². The number of unbranched alkanes of at least 4 members (excludes halogenated alkanes) is 1. The first-order chi connectivity index (χ1) is 16.0. The summed E-state index contributed by atoms with van der Waals surface area (Å²) in [5, 5.41) is 0. The Bertz CT molecular complexity index is 1320. The topological polar surface area (TPSA) is 0 Å². The molecule has 166 valence electrons. The van der Waals surface area contributed by atoms with Crippen molar-refractivity contribution in [3.63, 3.8) is 0 Å². The molecule has 0 N–H and O–H groups in total. The van der Waals surface area contributed by atoms with Gasteiger partial charge < -0.3 is 0 Å². The third-order valence-electron chi connectivity index (χ3n) is 7.34. The summed E-state index contributed by atoms with van der Waals surface area (Å²) in [5.41, 5.74) is 18.4. The van der Waals surface area contributed by atoms with Crippen LogP contribution in [0.25, 0.3) is 33.4 Å². The third-order valence-corrected chi connectivity index (χ3v) is 7.34. The maximum absolute atomic E-state index is 2.46. The Morgan fingerprint density at radius 1 is 0.636 bits per heavy atom. The second-order valence-corrected chi connectivity index (χ2v) is 9.91. The van der Waals surface area contributed by atoms with Crippen LogP contribution in [-0.4, -0.2) is 0 Å². The third kappa shape index (κ3) is 3.93. The van der Waals surface area contributed by atoms with E-state index in [1.54, 1.807) is 11.1 Å². The molecule has 0 atom stereocenters. The molecule has 33 heavy (non-hydrogen) atoms. The average Bonchev–Trinajstić information content (AvgIpc) is 3.15. The van der Waals surface area contributed by atoms with Crippen LogP contribution in [0.4, 0.5) is 0 Å². The highest BCUT2D eigenvalue weighted by Gasteiger charge is 2.26. The summed E-state index contributed by atoms with van der Waals surface area (Å²) in [4.78, 5) is 0. The van der Waals surface area contributed by atoms with Gasteiger partial charge in [0.15, 0.2) is 0 Å². The van der Waals surface area contributed by atoms with E-state index < -0.39 is 0 Å². The minimum absolute atomic E-state index is 1.04. The highest BCUT2D eigenvalue weighted by Crippen LogP contribution is 2.45. The van der Waals surface area contributed by atoms with E-state index in [1.807, 2.05) is 0 Å². The van der Waals surface area contributed by atoms with E-state index in [9.17, 15) is 0 Å². The molecule has 0 amide bonds. The van der Waals surface area contributed by atoms with E-state index in [1.165, 1.54) is 74.0 Å². The number of rotatable bonds is 5. The van der Waals surface area contributed by atoms with E-state index in [0.29, 0.717) is 0 Å². The number of benzene rings is 4. The Labute approximate surface area is 199 Å². The van der Waals surface area contributed by atoms with Gasteiger partial charge in [-0.2, -0.15) is 0 Å². The van der Waals surface area contributed by atoms with E-state index in [0.717, 1.165) is 12.8 Å². The van der Waals surface area contributed by atoms with Gasteiger partial charge >= 0.3 is 0 Å². The Hall–Kier alpha value is -3.12. The fraction of sp³-hybridized carbons (Fsp3) is 0.273. The molecule has 0 heterocycles. The van der Waals surface area contributed by atoms with Crippen LogP contribution in [-0.2, 0) is 12.8 Å². The van der Waals surface area contributed by atoms with Crippen molar-refractivity contribution in [3.8, 4) is 33.4 Å². The van der Waals surface area contributed by atoms with Crippen molar-refractivity contribution >= 4 is 0 Å². The first-order valence-electron chi connectivity index (χ1n) is 12.4. The van der Waals surface area contributed by atoms with Gasteiger partial charge in [-0.25, -0.2) is 0 Å². The van der Waals surface area contributed by atoms with Gasteiger partial charge in [0.1, 0.15) is 0 Å². The summed E-state index contributed by atoms with van der Waals surface area (Å²) in [6, 6.07) is 25.4. The molecule has 5 rings (SSSR count). The van der Waals surface area contributed by atoms with Crippen LogP contribution in [0.5, 0.6) is 0 Å². The van der Waals surface area contributed by atoms with Crippen molar-refractivity contribution < 1.29 is 0 Å². The molecule has 0 bridgehead atoms. The van der Waals surface area contributed by atoms with Gasteiger partial charge in [0.2, 0.25) is 0 Å². The van der Waals surface area contributed by atoms with Gasteiger partial charge in [0.05, 0.1) is 0 Å². The molecule has 1 aliphatic carbocycles. The maximum atomic E-state index is 2.46. The highest BCUT2D eigenvalue weighted by molar-refractivity contribution is 5.87. The van der Waals surface area contributed by atoms with Crippen LogP contribution in [0.3, 0.4) is 0 Å².